The zero-order valence-electron chi connectivity index (χ0n) is 22.2. The topological polar surface area (TPSA) is 283 Å². The molecule has 1 aromatic carbocycles. The average Bonchev–Trinajstić information content (AvgIpc) is 3.21. The highest BCUT2D eigenvalue weighted by molar-refractivity contribution is 7.89. The van der Waals surface area contributed by atoms with Crippen molar-refractivity contribution in [2.75, 3.05) is 6.54 Å². The van der Waals surface area contributed by atoms with Gasteiger partial charge in [-0.25, -0.2) is 13.1 Å². The van der Waals surface area contributed by atoms with Crippen molar-refractivity contribution >= 4 is 10.0 Å². The van der Waals surface area contributed by atoms with Gasteiger partial charge in [-0.15, -0.1) is 0 Å². The fourth-order valence-corrected chi connectivity index (χ4v) is 6.60. The van der Waals surface area contributed by atoms with E-state index >= 15 is 0 Å². The number of nitrogens with one attached hydrogen (secondary N) is 1. The van der Waals surface area contributed by atoms with Gasteiger partial charge in [-0.2, -0.15) is 0 Å². The third-order valence-corrected chi connectivity index (χ3v) is 9.18. The van der Waals surface area contributed by atoms with Gasteiger partial charge in [0.05, 0.1) is 29.2 Å². The lowest BCUT2D eigenvalue weighted by molar-refractivity contribution is -0.315. The van der Waals surface area contributed by atoms with E-state index in [0.717, 1.165) is 0 Å². The molecular formula is C24H40N4O12S. The second kappa shape index (κ2) is 13.1. The number of aliphatic hydroxyl groups is 6. The Hall–Kier alpha value is -1.39. The smallest absolute Gasteiger partial charge is 0.240 e. The van der Waals surface area contributed by atoms with Gasteiger partial charge in [0.1, 0.15) is 48.8 Å². The molecule has 0 aromatic heterocycles. The first-order valence-corrected chi connectivity index (χ1v) is 14.7. The normalized spacial score (nSPS) is 44.5. The summed E-state index contributed by atoms with van der Waals surface area (Å²) >= 11 is 0. The zero-order valence-corrected chi connectivity index (χ0v) is 23.1. The van der Waals surface area contributed by atoms with Gasteiger partial charge in [0, 0.05) is 12.6 Å². The van der Waals surface area contributed by atoms with E-state index in [4.69, 9.17) is 36.1 Å². The summed E-state index contributed by atoms with van der Waals surface area (Å²) in [7, 11) is -4.12. The van der Waals surface area contributed by atoms with Gasteiger partial charge in [-0.05, 0) is 25.5 Å². The minimum Gasteiger partial charge on any atom is -0.391 e. The van der Waals surface area contributed by atoms with Gasteiger partial charge in [-0.3, -0.25) is 0 Å². The molecule has 5 unspecified atom stereocenters. The van der Waals surface area contributed by atoms with Crippen LogP contribution >= 0.6 is 0 Å². The van der Waals surface area contributed by atoms with Gasteiger partial charge in [0.25, 0.3) is 0 Å². The molecule has 0 bridgehead atoms. The summed E-state index contributed by atoms with van der Waals surface area (Å²) < 4.78 is 51.5. The Morgan fingerprint density at radius 1 is 0.927 bits per heavy atom. The molecule has 3 aliphatic rings. The number of nitrogens with two attached hydrogens (primary N) is 3. The number of rotatable bonds is 9. The molecule has 2 saturated heterocycles. The van der Waals surface area contributed by atoms with E-state index in [1.54, 1.807) is 6.07 Å². The second-order valence-electron chi connectivity index (χ2n) is 10.7. The first-order valence-electron chi connectivity index (χ1n) is 13.3. The number of ether oxygens (including phenoxy) is 4. The number of benzene rings is 1. The molecule has 2 heterocycles. The predicted octanol–water partition coefficient (Wildman–Crippen LogP) is -5.24. The van der Waals surface area contributed by atoms with Crippen molar-refractivity contribution in [2.45, 2.75) is 110 Å². The number of aliphatic hydroxyl groups excluding tert-OH is 6. The van der Waals surface area contributed by atoms with E-state index in [9.17, 15) is 39.1 Å². The minimum absolute atomic E-state index is 0.0571. The van der Waals surface area contributed by atoms with E-state index in [1.807, 2.05) is 0 Å². The van der Waals surface area contributed by atoms with Crippen LogP contribution in [-0.2, 0) is 29.0 Å². The van der Waals surface area contributed by atoms with E-state index < -0.39 is 102 Å². The molecule has 1 aromatic rings. The molecule has 1 aliphatic carbocycles. The predicted molar refractivity (Wildman–Crippen MR) is 139 cm³/mol. The maximum Gasteiger partial charge on any atom is 0.240 e. The maximum atomic E-state index is 13.0. The van der Waals surface area contributed by atoms with Crippen molar-refractivity contribution in [1.29, 1.82) is 0 Å². The van der Waals surface area contributed by atoms with Gasteiger partial charge in [0.2, 0.25) is 10.0 Å². The summed E-state index contributed by atoms with van der Waals surface area (Å²) in [5, 5.41) is 62.9. The fraction of sp³-hybridized carbons (Fsp3) is 0.750. The van der Waals surface area contributed by atoms with Crippen LogP contribution in [0.5, 0.6) is 0 Å². The number of hydrogen-bond acceptors (Lipinski definition) is 15. The molecule has 4 rings (SSSR count). The van der Waals surface area contributed by atoms with Crippen LogP contribution < -0.4 is 21.9 Å². The van der Waals surface area contributed by atoms with E-state index in [2.05, 4.69) is 4.72 Å². The van der Waals surface area contributed by atoms with Crippen molar-refractivity contribution in [3.63, 3.8) is 0 Å². The summed E-state index contributed by atoms with van der Waals surface area (Å²) in [5.74, 6) is 0. The van der Waals surface area contributed by atoms with Crippen molar-refractivity contribution in [3.05, 3.63) is 30.3 Å². The van der Waals surface area contributed by atoms with Crippen LogP contribution in [0.25, 0.3) is 0 Å². The lowest BCUT2D eigenvalue weighted by Crippen LogP contribution is -2.69. The molecular weight excluding hydrogens is 568 g/mol. The Kier molecular flexibility index (Phi) is 10.4. The lowest BCUT2D eigenvalue weighted by Gasteiger charge is -2.48. The summed E-state index contributed by atoms with van der Waals surface area (Å²) in [5.41, 5.74) is 18.0. The highest BCUT2D eigenvalue weighted by Crippen LogP contribution is 2.33. The number of sulfonamides is 1. The molecule has 2 aliphatic heterocycles. The van der Waals surface area contributed by atoms with E-state index in [0.29, 0.717) is 0 Å². The molecule has 234 valence electrons. The standard InChI is InChI=1S/C24H40N4O12S/c1-9(29)20-18(33)17(32)14(27)23(38-20)39-21-11(26)7-12(28-41(35,36)10-5-3-2-4-6-10)15(30)22(21)40-24-19(34)16(31)13(8-25)37-24/h2-6,9,11-24,28-34H,7-8,25-27H2,1H3/t9-,11?,12-,13-,14?,15?,16+,17-,18+,19?,20?,21-,22-,23-,24+/m1/s1. The van der Waals surface area contributed by atoms with Crippen LogP contribution in [0.2, 0.25) is 0 Å². The molecule has 0 amide bonds. The summed E-state index contributed by atoms with van der Waals surface area (Å²) in [6, 6.07) is 3.87. The highest BCUT2D eigenvalue weighted by atomic mass is 32.2. The van der Waals surface area contributed by atoms with Crippen LogP contribution in [0.3, 0.4) is 0 Å². The Morgan fingerprint density at radius 3 is 2.15 bits per heavy atom. The van der Waals surface area contributed by atoms with Crippen LogP contribution in [0.15, 0.2) is 35.2 Å². The van der Waals surface area contributed by atoms with Crippen LogP contribution in [0.1, 0.15) is 13.3 Å². The molecule has 0 radical (unpaired) electrons. The summed E-state index contributed by atoms with van der Waals surface area (Å²) in [6.45, 7) is 1.17. The van der Waals surface area contributed by atoms with E-state index in [-0.39, 0.29) is 17.9 Å². The molecule has 41 heavy (non-hydrogen) atoms. The molecule has 3 fully saturated rings. The monoisotopic (exact) mass is 608 g/mol. The zero-order chi connectivity index (χ0) is 30.2. The summed E-state index contributed by atoms with van der Waals surface area (Å²) in [6.07, 6.45) is -17.2. The SMILES string of the molecule is C[C@@H](O)C1O[C@H](O[C@@H]2C(N)C[C@@H](NS(=O)(=O)c3ccccc3)C(O)[C@H]2O[C@@H]2O[C@H](CN)[C@H](O)C2O)C(N)[C@@H](O)[C@@H]1O. The average molecular weight is 609 g/mol. The molecule has 15 atom stereocenters. The first kappa shape index (κ1) is 32.5. The molecule has 1 saturated carbocycles. The Labute approximate surface area is 237 Å². The van der Waals surface area contributed by atoms with Crippen molar-refractivity contribution in [3.8, 4) is 0 Å². The molecule has 16 nitrogen and oxygen atoms in total. The summed E-state index contributed by atoms with van der Waals surface area (Å²) in [4.78, 5) is -0.0571. The van der Waals surface area contributed by atoms with Crippen LogP contribution in [-0.4, -0.2) is 137 Å². The van der Waals surface area contributed by atoms with Gasteiger partial charge >= 0.3 is 0 Å². The quantitative estimate of drug-likeness (QED) is 0.125. The van der Waals surface area contributed by atoms with E-state index in [1.165, 1.54) is 31.2 Å². The third kappa shape index (κ3) is 6.74. The van der Waals surface area contributed by atoms with Crippen molar-refractivity contribution in [2.24, 2.45) is 17.2 Å². The van der Waals surface area contributed by atoms with Gasteiger partial charge in [-0.1, -0.05) is 18.2 Å². The Bertz CT molecular complexity index is 1100. The Morgan fingerprint density at radius 2 is 1.56 bits per heavy atom. The van der Waals surface area contributed by atoms with Gasteiger partial charge < -0.3 is 66.8 Å². The fourth-order valence-electron chi connectivity index (χ4n) is 5.32. The molecule has 13 N–H and O–H groups in total. The van der Waals surface area contributed by atoms with Crippen LogP contribution in [0, 0.1) is 0 Å². The second-order valence-corrected chi connectivity index (χ2v) is 12.4. The molecule has 0 spiro atoms. The Balaban J connectivity index is 1.61. The van der Waals surface area contributed by atoms with Crippen LogP contribution in [0.4, 0.5) is 0 Å². The minimum atomic E-state index is -4.12. The highest BCUT2D eigenvalue weighted by Gasteiger charge is 2.53. The lowest BCUT2D eigenvalue weighted by atomic mass is 9.84. The molecule has 17 heteroatoms. The third-order valence-electron chi connectivity index (χ3n) is 7.68. The van der Waals surface area contributed by atoms with Gasteiger partial charge in [0.15, 0.2) is 12.6 Å². The van der Waals surface area contributed by atoms with Crippen molar-refractivity contribution in [1.82, 2.24) is 4.72 Å². The van der Waals surface area contributed by atoms with Crippen molar-refractivity contribution < 1.29 is 58.0 Å². The number of hydrogen-bond donors (Lipinski definition) is 10. The first-order chi connectivity index (χ1) is 19.3. The largest absolute Gasteiger partial charge is 0.391 e. The maximum absolute atomic E-state index is 13.0.